The quantitative estimate of drug-likeness (QED) is 0.429. The highest BCUT2D eigenvalue weighted by molar-refractivity contribution is 7.98. The van der Waals surface area contributed by atoms with Crippen LogP contribution in [0.25, 0.3) is 0 Å². The number of carbonyl (C=O) groups is 2. The van der Waals surface area contributed by atoms with Gasteiger partial charge in [-0.3, -0.25) is 10.1 Å². The Labute approximate surface area is 167 Å². The van der Waals surface area contributed by atoms with Crippen LogP contribution in [0.2, 0.25) is 0 Å². The molecule has 2 rings (SSSR count). The fourth-order valence-corrected chi connectivity index (χ4v) is 2.85. The number of anilines is 1. The van der Waals surface area contributed by atoms with E-state index in [1.165, 1.54) is 18.0 Å². The predicted octanol–water partition coefficient (Wildman–Crippen LogP) is 3.59. The predicted molar refractivity (Wildman–Crippen MR) is 107 cm³/mol. The van der Waals surface area contributed by atoms with Gasteiger partial charge in [-0.15, -0.1) is 0 Å². The van der Waals surface area contributed by atoms with Crippen LogP contribution < -0.4 is 10.9 Å². The van der Waals surface area contributed by atoms with E-state index in [4.69, 9.17) is 9.47 Å². The maximum Gasteiger partial charge on any atom is 0.412 e. The van der Waals surface area contributed by atoms with Crippen molar-refractivity contribution in [2.45, 2.75) is 44.2 Å². The summed E-state index contributed by atoms with van der Waals surface area (Å²) >= 11 is 1.32. The number of nitrogens with zero attached hydrogens (tertiary/aromatic N) is 1. The highest BCUT2D eigenvalue weighted by Crippen LogP contribution is 2.20. The summed E-state index contributed by atoms with van der Waals surface area (Å²) < 4.78 is 10.00. The lowest BCUT2D eigenvalue weighted by Crippen LogP contribution is -2.27. The number of thioether (sulfide) groups is 1. The Bertz CT molecular complexity index is 888. The molecule has 2 N–H and O–H groups in total. The van der Waals surface area contributed by atoms with E-state index in [0.29, 0.717) is 16.6 Å². The summed E-state index contributed by atoms with van der Waals surface area (Å²) in [7, 11) is 0. The molecule has 0 aliphatic heterocycles. The van der Waals surface area contributed by atoms with Gasteiger partial charge in [0.15, 0.2) is 5.16 Å². The summed E-state index contributed by atoms with van der Waals surface area (Å²) in [5, 5.41) is 3.06. The first-order chi connectivity index (χ1) is 13.2. The van der Waals surface area contributed by atoms with Crippen LogP contribution in [0.15, 0.2) is 40.4 Å². The Hall–Kier alpha value is -2.81. The molecule has 0 bridgehead atoms. The Kier molecular flexibility index (Phi) is 7.22. The van der Waals surface area contributed by atoms with E-state index in [0.717, 1.165) is 5.56 Å². The number of rotatable bonds is 6. The monoisotopic (exact) mass is 405 g/mol. The molecule has 1 aromatic heterocycles. The van der Waals surface area contributed by atoms with Crippen molar-refractivity contribution in [1.82, 2.24) is 9.97 Å². The number of hydrogen-bond acceptors (Lipinski definition) is 7. The maximum absolute atomic E-state index is 12.0. The topological polar surface area (TPSA) is 110 Å². The molecule has 0 spiro atoms. The minimum Gasteiger partial charge on any atom is -0.462 e. The first-order valence-corrected chi connectivity index (χ1v) is 9.64. The third-order valence-corrected chi connectivity index (χ3v) is 4.20. The maximum atomic E-state index is 12.0. The molecule has 28 heavy (non-hydrogen) atoms. The van der Waals surface area contributed by atoms with Gasteiger partial charge >= 0.3 is 12.1 Å². The number of carbonyl (C=O) groups excluding carboxylic acids is 2. The molecule has 8 nitrogen and oxygen atoms in total. The van der Waals surface area contributed by atoms with Crippen molar-refractivity contribution in [1.29, 1.82) is 0 Å². The van der Waals surface area contributed by atoms with Gasteiger partial charge in [-0.1, -0.05) is 23.9 Å². The van der Waals surface area contributed by atoms with Crippen LogP contribution in [-0.2, 0) is 15.2 Å². The number of aromatic amines is 1. The number of aromatic nitrogens is 2. The smallest absolute Gasteiger partial charge is 0.412 e. The zero-order chi connectivity index (χ0) is 20.7. The van der Waals surface area contributed by atoms with Crippen molar-refractivity contribution in [3.8, 4) is 0 Å². The number of esters is 1. The lowest BCUT2D eigenvalue weighted by Gasteiger charge is -2.19. The summed E-state index contributed by atoms with van der Waals surface area (Å²) in [4.78, 5) is 42.0. The molecule has 2 aromatic rings. The van der Waals surface area contributed by atoms with Crippen molar-refractivity contribution >= 4 is 29.5 Å². The average molecular weight is 405 g/mol. The van der Waals surface area contributed by atoms with Crippen molar-refractivity contribution in [3.05, 3.63) is 51.9 Å². The van der Waals surface area contributed by atoms with Crippen LogP contribution in [0.5, 0.6) is 0 Å². The molecule has 9 heteroatoms. The third-order valence-electron chi connectivity index (χ3n) is 3.25. The summed E-state index contributed by atoms with van der Waals surface area (Å²) in [6, 6.07) is 7.23. The SMILES string of the molecule is CCOC(=O)c1cnc(SCc2ccc(NC(=O)OC(C)(C)C)cc2)[nH]c1=O. The number of benzene rings is 1. The van der Waals surface area contributed by atoms with Gasteiger partial charge in [0.25, 0.3) is 5.56 Å². The normalized spacial score (nSPS) is 11.0. The summed E-state index contributed by atoms with van der Waals surface area (Å²) in [6.45, 7) is 7.24. The number of hydrogen-bond donors (Lipinski definition) is 2. The molecule has 1 heterocycles. The Morgan fingerprint density at radius 2 is 1.89 bits per heavy atom. The molecule has 0 radical (unpaired) electrons. The summed E-state index contributed by atoms with van der Waals surface area (Å²) in [5.74, 6) is -0.144. The molecule has 0 fully saturated rings. The minimum atomic E-state index is -0.694. The van der Waals surface area contributed by atoms with Crippen molar-refractivity contribution in [2.24, 2.45) is 0 Å². The van der Waals surface area contributed by atoms with Crippen LogP contribution in [0.1, 0.15) is 43.6 Å². The van der Waals surface area contributed by atoms with Gasteiger partial charge in [0.1, 0.15) is 11.2 Å². The van der Waals surface area contributed by atoms with Crippen molar-refractivity contribution in [3.63, 3.8) is 0 Å². The van der Waals surface area contributed by atoms with Crippen molar-refractivity contribution < 1.29 is 19.1 Å². The van der Waals surface area contributed by atoms with E-state index >= 15 is 0 Å². The van der Waals surface area contributed by atoms with Gasteiger partial charge in [-0.2, -0.15) is 0 Å². The van der Waals surface area contributed by atoms with Crippen LogP contribution >= 0.6 is 11.8 Å². The number of ether oxygens (including phenoxy) is 2. The van der Waals surface area contributed by atoms with Gasteiger partial charge in [-0.25, -0.2) is 14.6 Å². The first-order valence-electron chi connectivity index (χ1n) is 8.66. The Balaban J connectivity index is 1.93. The second-order valence-electron chi connectivity index (χ2n) is 6.76. The van der Waals surface area contributed by atoms with Crippen LogP contribution in [0.4, 0.5) is 10.5 Å². The first kappa shape index (κ1) is 21.5. The Morgan fingerprint density at radius 1 is 1.21 bits per heavy atom. The van der Waals surface area contributed by atoms with E-state index in [-0.39, 0.29) is 12.2 Å². The van der Waals surface area contributed by atoms with E-state index in [9.17, 15) is 14.4 Å². The highest BCUT2D eigenvalue weighted by atomic mass is 32.2. The molecule has 1 amide bonds. The standard InChI is InChI=1S/C19H23N3O5S/c1-5-26-16(24)14-10-20-17(22-15(14)23)28-11-12-6-8-13(9-7-12)21-18(25)27-19(2,3)4/h6-10H,5,11H2,1-4H3,(H,21,25)(H,20,22,23). The van der Waals surface area contributed by atoms with Crippen LogP contribution in [0.3, 0.4) is 0 Å². The highest BCUT2D eigenvalue weighted by Gasteiger charge is 2.16. The van der Waals surface area contributed by atoms with Crippen molar-refractivity contribution in [2.75, 3.05) is 11.9 Å². The van der Waals surface area contributed by atoms with Crippen LogP contribution in [0, 0.1) is 0 Å². The molecule has 0 saturated carbocycles. The largest absolute Gasteiger partial charge is 0.462 e. The molecule has 0 saturated heterocycles. The third kappa shape index (κ3) is 6.73. The van der Waals surface area contributed by atoms with Crippen LogP contribution in [-0.4, -0.2) is 34.2 Å². The van der Waals surface area contributed by atoms with E-state index in [2.05, 4.69) is 15.3 Å². The average Bonchev–Trinajstić information content (AvgIpc) is 2.59. The second kappa shape index (κ2) is 9.41. The summed E-state index contributed by atoms with van der Waals surface area (Å²) in [5.41, 5.74) is 0.370. The van der Waals surface area contributed by atoms with Gasteiger partial charge in [-0.05, 0) is 45.4 Å². The lowest BCUT2D eigenvalue weighted by atomic mass is 10.2. The van der Waals surface area contributed by atoms with E-state index in [1.807, 2.05) is 12.1 Å². The molecule has 0 aliphatic rings. The van der Waals surface area contributed by atoms with Gasteiger partial charge in [0.2, 0.25) is 0 Å². The molecular weight excluding hydrogens is 382 g/mol. The fourth-order valence-electron chi connectivity index (χ4n) is 2.06. The zero-order valence-corrected chi connectivity index (χ0v) is 17.0. The van der Waals surface area contributed by atoms with Gasteiger partial charge < -0.3 is 14.5 Å². The second-order valence-corrected chi connectivity index (χ2v) is 7.73. The molecule has 0 atom stereocenters. The summed E-state index contributed by atoms with van der Waals surface area (Å²) in [6.07, 6.45) is 0.700. The van der Waals surface area contributed by atoms with E-state index < -0.39 is 23.2 Å². The lowest BCUT2D eigenvalue weighted by molar-refractivity contribution is 0.0522. The van der Waals surface area contributed by atoms with Gasteiger partial charge in [0.05, 0.1) is 6.61 Å². The molecule has 150 valence electrons. The van der Waals surface area contributed by atoms with Gasteiger partial charge in [0, 0.05) is 17.6 Å². The Morgan fingerprint density at radius 3 is 2.46 bits per heavy atom. The van der Waals surface area contributed by atoms with E-state index in [1.54, 1.807) is 39.8 Å². The fraction of sp³-hybridized carbons (Fsp3) is 0.368. The minimum absolute atomic E-state index is 0.122. The number of H-pyrrole nitrogens is 1. The molecule has 0 aliphatic carbocycles. The zero-order valence-electron chi connectivity index (χ0n) is 16.2. The number of nitrogens with one attached hydrogen (secondary N) is 2. The molecular formula is C19H23N3O5S. The molecule has 1 aromatic carbocycles. The number of amides is 1. The molecule has 0 unspecified atom stereocenters.